The molecule has 0 aromatic heterocycles. The number of hydrogen-bond acceptors (Lipinski definition) is 2. The van der Waals surface area contributed by atoms with Crippen LogP contribution in [0.5, 0.6) is 0 Å². The van der Waals surface area contributed by atoms with Crippen molar-refractivity contribution in [1.82, 2.24) is 5.32 Å². The number of hydrogen-bond donors (Lipinski definition) is 1. The van der Waals surface area contributed by atoms with Crippen molar-refractivity contribution < 1.29 is 0 Å². The van der Waals surface area contributed by atoms with Crippen molar-refractivity contribution in [2.45, 2.75) is 33.2 Å². The Labute approximate surface area is 96.8 Å². The summed E-state index contributed by atoms with van der Waals surface area (Å²) in [5.41, 5.74) is 2.68. The van der Waals surface area contributed by atoms with Gasteiger partial charge in [-0.05, 0) is 31.4 Å². The maximum absolute atomic E-state index is 4.74. The summed E-state index contributed by atoms with van der Waals surface area (Å²) in [6.45, 7) is 8.89. The largest absolute Gasteiger partial charge is 0.346 e. The first-order chi connectivity index (χ1) is 7.47. The Balaban J connectivity index is 2.11. The molecule has 0 bridgehead atoms. The highest BCUT2D eigenvalue weighted by molar-refractivity contribution is 6.01. The number of aliphatic imine (C=N–C) groups is 1. The van der Waals surface area contributed by atoms with Gasteiger partial charge in [0.05, 0.1) is 11.0 Å². The van der Waals surface area contributed by atoms with Gasteiger partial charge in [-0.1, -0.05) is 32.1 Å². The van der Waals surface area contributed by atoms with Gasteiger partial charge in [0.1, 0.15) is 5.84 Å². The lowest BCUT2D eigenvalue weighted by molar-refractivity contribution is 0.324. The molecule has 0 amide bonds. The number of nitrogens with zero attached hydrogens (tertiary/aromatic N) is 1. The van der Waals surface area contributed by atoms with E-state index >= 15 is 0 Å². The number of allylic oxidation sites excluding steroid dienone is 4. The molecule has 0 saturated heterocycles. The van der Waals surface area contributed by atoms with Crippen molar-refractivity contribution in [3.05, 3.63) is 35.6 Å². The summed E-state index contributed by atoms with van der Waals surface area (Å²) >= 11 is 0. The molecule has 0 saturated carbocycles. The predicted molar refractivity (Wildman–Crippen MR) is 67.2 cm³/mol. The van der Waals surface area contributed by atoms with E-state index in [-0.39, 0.29) is 11.0 Å². The first kappa shape index (κ1) is 9.88. The molecule has 2 heteroatoms. The van der Waals surface area contributed by atoms with Gasteiger partial charge in [-0.15, -0.1) is 0 Å². The average Bonchev–Trinajstić information content (AvgIpc) is 2.36. The highest BCUT2D eigenvalue weighted by Crippen LogP contribution is 2.55. The lowest BCUT2D eigenvalue weighted by Crippen LogP contribution is -2.59. The van der Waals surface area contributed by atoms with Crippen molar-refractivity contribution in [2.75, 3.05) is 0 Å². The molecular weight excluding hydrogens is 196 g/mol. The zero-order valence-corrected chi connectivity index (χ0v) is 10.3. The van der Waals surface area contributed by atoms with E-state index in [4.69, 9.17) is 4.99 Å². The highest BCUT2D eigenvalue weighted by Gasteiger charge is 2.59. The fourth-order valence-electron chi connectivity index (χ4n) is 2.76. The van der Waals surface area contributed by atoms with Crippen LogP contribution in [0.4, 0.5) is 0 Å². The van der Waals surface area contributed by atoms with Crippen molar-refractivity contribution in [1.29, 1.82) is 0 Å². The molecule has 0 fully saturated rings. The maximum atomic E-state index is 4.74. The fourth-order valence-corrected chi connectivity index (χ4v) is 2.76. The van der Waals surface area contributed by atoms with Gasteiger partial charge in [0, 0.05) is 5.70 Å². The van der Waals surface area contributed by atoms with Crippen LogP contribution < -0.4 is 5.32 Å². The third-order valence-electron chi connectivity index (χ3n) is 4.32. The summed E-state index contributed by atoms with van der Waals surface area (Å²) in [6.07, 6.45) is 8.88. The van der Waals surface area contributed by atoms with Gasteiger partial charge < -0.3 is 5.32 Å². The molecule has 0 aromatic carbocycles. The van der Waals surface area contributed by atoms with Crippen LogP contribution in [0, 0.1) is 11.3 Å². The van der Waals surface area contributed by atoms with E-state index < -0.39 is 0 Å². The molecule has 2 aliphatic heterocycles. The second-order valence-corrected chi connectivity index (χ2v) is 5.59. The molecule has 0 spiro atoms. The quantitative estimate of drug-likeness (QED) is 0.713. The minimum Gasteiger partial charge on any atom is -0.346 e. The summed E-state index contributed by atoms with van der Waals surface area (Å²) in [5.74, 6) is 1.64. The average molecular weight is 214 g/mol. The standard InChI is InChI=1S/C14H18N2/c1-9(2)11-6-5-10-7-8-13(3)14(10,4)12(15-11)16-13/h5-9H,1-4H3,(H,15,16). The smallest absolute Gasteiger partial charge is 0.115 e. The van der Waals surface area contributed by atoms with Crippen LogP contribution >= 0.6 is 0 Å². The van der Waals surface area contributed by atoms with E-state index in [1.165, 1.54) is 11.3 Å². The van der Waals surface area contributed by atoms with Crippen LogP contribution in [0.25, 0.3) is 0 Å². The normalized spacial score (nSPS) is 39.2. The molecule has 1 aliphatic carbocycles. The second kappa shape index (κ2) is 2.68. The Morgan fingerprint density at radius 2 is 2.00 bits per heavy atom. The predicted octanol–water partition coefficient (Wildman–Crippen LogP) is 2.80. The SMILES string of the molecule is CC(C)C1=CC=C2C=CC3(C)N=C(N1)C23C. The Kier molecular flexibility index (Phi) is 1.65. The van der Waals surface area contributed by atoms with Gasteiger partial charge in [0.15, 0.2) is 0 Å². The fraction of sp³-hybridized carbons (Fsp3) is 0.500. The Bertz CT molecular complexity index is 479. The molecule has 3 rings (SSSR count). The minimum absolute atomic E-state index is 0.0264. The Hall–Kier alpha value is -1.31. The lowest BCUT2D eigenvalue weighted by atomic mass is 9.66. The summed E-state index contributed by atoms with van der Waals surface area (Å²) < 4.78 is 0. The first-order valence-electron chi connectivity index (χ1n) is 5.96. The van der Waals surface area contributed by atoms with Gasteiger partial charge >= 0.3 is 0 Å². The van der Waals surface area contributed by atoms with Gasteiger partial charge in [-0.2, -0.15) is 0 Å². The van der Waals surface area contributed by atoms with Crippen LogP contribution in [0.1, 0.15) is 27.7 Å². The molecule has 1 N–H and O–H groups in total. The van der Waals surface area contributed by atoms with Gasteiger partial charge in [0.2, 0.25) is 0 Å². The van der Waals surface area contributed by atoms with Crippen LogP contribution in [-0.4, -0.2) is 11.4 Å². The van der Waals surface area contributed by atoms with Crippen molar-refractivity contribution in [3.8, 4) is 0 Å². The monoisotopic (exact) mass is 214 g/mol. The Morgan fingerprint density at radius 1 is 1.25 bits per heavy atom. The van der Waals surface area contributed by atoms with E-state index in [0.717, 1.165) is 5.84 Å². The van der Waals surface area contributed by atoms with Crippen LogP contribution in [0.2, 0.25) is 0 Å². The second-order valence-electron chi connectivity index (χ2n) is 5.59. The molecule has 2 atom stereocenters. The molecule has 16 heavy (non-hydrogen) atoms. The van der Waals surface area contributed by atoms with Gasteiger partial charge in [-0.25, -0.2) is 0 Å². The summed E-state index contributed by atoms with van der Waals surface area (Å²) in [5, 5.41) is 3.50. The zero-order chi connectivity index (χ0) is 11.6. The van der Waals surface area contributed by atoms with Gasteiger partial charge in [-0.3, -0.25) is 4.99 Å². The summed E-state index contributed by atoms with van der Waals surface area (Å²) in [6, 6.07) is 0. The van der Waals surface area contributed by atoms with E-state index in [1.807, 2.05) is 0 Å². The lowest BCUT2D eigenvalue weighted by Gasteiger charge is -2.48. The molecule has 0 radical (unpaired) electrons. The summed E-state index contributed by atoms with van der Waals surface area (Å²) in [4.78, 5) is 4.74. The molecular formula is C14H18N2. The molecule has 2 nitrogen and oxygen atoms in total. The zero-order valence-electron chi connectivity index (χ0n) is 10.3. The van der Waals surface area contributed by atoms with Gasteiger partial charge in [0.25, 0.3) is 0 Å². The van der Waals surface area contributed by atoms with Crippen LogP contribution in [0.15, 0.2) is 40.6 Å². The van der Waals surface area contributed by atoms with E-state index in [0.29, 0.717) is 5.92 Å². The molecule has 2 unspecified atom stereocenters. The molecule has 3 aliphatic rings. The topological polar surface area (TPSA) is 24.4 Å². The van der Waals surface area contributed by atoms with Crippen LogP contribution in [0.3, 0.4) is 0 Å². The summed E-state index contributed by atoms with van der Waals surface area (Å²) in [7, 11) is 0. The van der Waals surface area contributed by atoms with E-state index in [2.05, 4.69) is 57.3 Å². The van der Waals surface area contributed by atoms with Crippen molar-refractivity contribution >= 4 is 5.84 Å². The van der Waals surface area contributed by atoms with Crippen molar-refractivity contribution in [2.24, 2.45) is 16.3 Å². The third kappa shape index (κ3) is 0.909. The third-order valence-corrected chi connectivity index (χ3v) is 4.32. The minimum atomic E-state index is -0.0264. The maximum Gasteiger partial charge on any atom is 0.115 e. The highest BCUT2D eigenvalue weighted by atomic mass is 15.2. The molecule has 84 valence electrons. The molecule has 2 heterocycles. The van der Waals surface area contributed by atoms with E-state index in [9.17, 15) is 0 Å². The van der Waals surface area contributed by atoms with Crippen LogP contribution in [-0.2, 0) is 0 Å². The first-order valence-corrected chi connectivity index (χ1v) is 5.96. The van der Waals surface area contributed by atoms with Crippen molar-refractivity contribution in [3.63, 3.8) is 0 Å². The molecule has 0 aromatic rings. The van der Waals surface area contributed by atoms with E-state index in [1.54, 1.807) is 0 Å². The number of amidine groups is 1. The number of rotatable bonds is 1. The Morgan fingerprint density at radius 3 is 2.69 bits per heavy atom. The number of nitrogens with one attached hydrogen (secondary N) is 1.